The van der Waals surface area contributed by atoms with Gasteiger partial charge >= 0.3 is 0 Å². The number of nitrogens with zero attached hydrogens (tertiary/aromatic N) is 1. The van der Waals surface area contributed by atoms with Crippen molar-refractivity contribution in [1.29, 1.82) is 0 Å². The van der Waals surface area contributed by atoms with Crippen molar-refractivity contribution < 1.29 is 0 Å². The van der Waals surface area contributed by atoms with Crippen LogP contribution in [0, 0.1) is 12.8 Å². The summed E-state index contributed by atoms with van der Waals surface area (Å²) in [6.45, 7) is 5.63. The van der Waals surface area contributed by atoms with Gasteiger partial charge in [0.2, 0.25) is 0 Å². The second-order valence-corrected chi connectivity index (χ2v) is 5.48. The predicted octanol–water partition coefficient (Wildman–Crippen LogP) is 2.72. The molecule has 0 saturated carbocycles. The van der Waals surface area contributed by atoms with Crippen LogP contribution >= 0.6 is 0 Å². The van der Waals surface area contributed by atoms with Gasteiger partial charge in [-0.1, -0.05) is 6.07 Å². The van der Waals surface area contributed by atoms with E-state index in [2.05, 4.69) is 30.3 Å². The van der Waals surface area contributed by atoms with Crippen LogP contribution < -0.4 is 11.1 Å². The number of rotatable bonds is 4. The molecule has 1 aromatic carbocycles. The Morgan fingerprint density at radius 2 is 2.06 bits per heavy atom. The second-order valence-electron chi connectivity index (χ2n) is 5.48. The van der Waals surface area contributed by atoms with E-state index in [0.29, 0.717) is 0 Å². The summed E-state index contributed by atoms with van der Waals surface area (Å²) >= 11 is 0. The van der Waals surface area contributed by atoms with Crippen molar-refractivity contribution in [3.8, 4) is 0 Å². The number of nitrogen functional groups attached to an aromatic ring is 1. The normalized spacial score (nSPS) is 17.9. The Morgan fingerprint density at radius 1 is 1.33 bits per heavy atom. The van der Waals surface area contributed by atoms with Crippen molar-refractivity contribution in [2.75, 3.05) is 37.7 Å². The van der Waals surface area contributed by atoms with E-state index in [-0.39, 0.29) is 0 Å². The summed E-state index contributed by atoms with van der Waals surface area (Å²) in [6.07, 6.45) is 3.95. The molecule has 0 bridgehead atoms. The minimum absolute atomic E-state index is 0.874. The summed E-state index contributed by atoms with van der Waals surface area (Å²) in [6, 6.07) is 6.08. The molecule has 3 nitrogen and oxygen atoms in total. The summed E-state index contributed by atoms with van der Waals surface area (Å²) in [5.74, 6) is 0.884. The van der Waals surface area contributed by atoms with Gasteiger partial charge in [0, 0.05) is 17.9 Å². The van der Waals surface area contributed by atoms with Crippen LogP contribution in [-0.2, 0) is 0 Å². The maximum Gasteiger partial charge on any atom is 0.0390 e. The highest BCUT2D eigenvalue weighted by Gasteiger charge is 2.15. The fourth-order valence-electron chi connectivity index (χ4n) is 2.61. The Morgan fingerprint density at radius 3 is 2.78 bits per heavy atom. The predicted molar refractivity (Wildman–Crippen MR) is 78.9 cm³/mol. The fourth-order valence-corrected chi connectivity index (χ4v) is 2.61. The maximum atomic E-state index is 5.90. The molecule has 100 valence electrons. The van der Waals surface area contributed by atoms with Crippen molar-refractivity contribution in [2.24, 2.45) is 5.92 Å². The lowest BCUT2D eigenvalue weighted by Crippen LogP contribution is -2.30. The zero-order valence-electron chi connectivity index (χ0n) is 11.6. The van der Waals surface area contributed by atoms with E-state index in [0.717, 1.165) is 18.2 Å². The van der Waals surface area contributed by atoms with Crippen molar-refractivity contribution in [3.63, 3.8) is 0 Å². The van der Waals surface area contributed by atoms with Crippen molar-refractivity contribution >= 4 is 11.4 Å². The third-order valence-electron chi connectivity index (χ3n) is 4.08. The Bertz CT molecular complexity index is 381. The van der Waals surface area contributed by atoms with Crippen LogP contribution in [0.25, 0.3) is 0 Å². The average Bonchev–Trinajstić information content (AvgIpc) is 2.37. The van der Waals surface area contributed by atoms with Gasteiger partial charge < -0.3 is 16.0 Å². The number of hydrogen-bond acceptors (Lipinski definition) is 3. The minimum atomic E-state index is 0.874. The van der Waals surface area contributed by atoms with E-state index >= 15 is 0 Å². The van der Waals surface area contributed by atoms with Gasteiger partial charge in [-0.15, -0.1) is 0 Å². The Kier molecular flexibility index (Phi) is 4.48. The smallest absolute Gasteiger partial charge is 0.0390 e. The number of hydrogen-bond donors (Lipinski definition) is 2. The number of nitrogens with two attached hydrogens (primary N) is 1. The molecule has 18 heavy (non-hydrogen) atoms. The first-order chi connectivity index (χ1) is 8.66. The van der Waals surface area contributed by atoms with E-state index in [1.54, 1.807) is 0 Å². The van der Waals surface area contributed by atoms with Crippen LogP contribution in [0.5, 0.6) is 0 Å². The minimum Gasteiger partial charge on any atom is -0.398 e. The van der Waals surface area contributed by atoms with Crippen LogP contribution in [0.3, 0.4) is 0 Å². The number of benzene rings is 1. The zero-order chi connectivity index (χ0) is 13.0. The summed E-state index contributed by atoms with van der Waals surface area (Å²) in [4.78, 5) is 2.42. The molecule has 0 spiro atoms. The van der Waals surface area contributed by atoms with Crippen molar-refractivity contribution in [3.05, 3.63) is 23.8 Å². The molecule has 2 rings (SSSR count). The van der Waals surface area contributed by atoms with Gasteiger partial charge in [0.15, 0.2) is 0 Å². The van der Waals surface area contributed by atoms with Crippen molar-refractivity contribution in [1.82, 2.24) is 4.90 Å². The lowest BCUT2D eigenvalue weighted by Gasteiger charge is -2.29. The lowest BCUT2D eigenvalue weighted by atomic mass is 9.94. The molecule has 1 aromatic rings. The molecule has 1 fully saturated rings. The van der Waals surface area contributed by atoms with Gasteiger partial charge in [-0.2, -0.15) is 0 Å². The van der Waals surface area contributed by atoms with Gasteiger partial charge in [-0.05, 0) is 69.9 Å². The quantitative estimate of drug-likeness (QED) is 0.804. The standard InChI is InChI=1S/C15H25N3/c1-12-14(16)4-3-5-15(12)17-9-6-13-7-10-18(2)11-8-13/h3-5,13,17H,6-11,16H2,1-2H3. The first-order valence-electron chi connectivity index (χ1n) is 6.94. The zero-order valence-corrected chi connectivity index (χ0v) is 11.6. The maximum absolute atomic E-state index is 5.90. The molecule has 3 N–H and O–H groups in total. The van der Waals surface area contributed by atoms with Gasteiger partial charge in [0.25, 0.3) is 0 Å². The summed E-state index contributed by atoms with van der Waals surface area (Å²) in [5, 5.41) is 3.52. The average molecular weight is 247 g/mol. The molecule has 0 radical (unpaired) electrons. The molecule has 0 aromatic heterocycles. The molecular weight excluding hydrogens is 222 g/mol. The van der Waals surface area contributed by atoms with Crippen LogP contribution in [0.1, 0.15) is 24.8 Å². The molecule has 0 amide bonds. The Hall–Kier alpha value is -1.22. The van der Waals surface area contributed by atoms with E-state index in [4.69, 9.17) is 5.73 Å². The number of piperidine rings is 1. The van der Waals surface area contributed by atoms with Crippen LogP contribution in [0.2, 0.25) is 0 Å². The third-order valence-corrected chi connectivity index (χ3v) is 4.08. The SMILES string of the molecule is Cc1c(N)cccc1NCCC1CCN(C)CC1. The lowest BCUT2D eigenvalue weighted by molar-refractivity contribution is 0.215. The molecule has 0 aliphatic carbocycles. The first kappa shape index (κ1) is 13.2. The van der Waals surface area contributed by atoms with Crippen LogP contribution in [0.15, 0.2) is 18.2 Å². The fraction of sp³-hybridized carbons (Fsp3) is 0.600. The van der Waals surface area contributed by atoms with Gasteiger partial charge in [0.05, 0.1) is 0 Å². The highest BCUT2D eigenvalue weighted by Crippen LogP contribution is 2.22. The number of anilines is 2. The van der Waals surface area contributed by atoms with Gasteiger partial charge in [-0.3, -0.25) is 0 Å². The summed E-state index contributed by atoms with van der Waals surface area (Å²) in [7, 11) is 2.21. The van der Waals surface area contributed by atoms with Gasteiger partial charge in [0.1, 0.15) is 0 Å². The Labute approximate surface area is 110 Å². The van der Waals surface area contributed by atoms with Crippen LogP contribution in [-0.4, -0.2) is 31.6 Å². The topological polar surface area (TPSA) is 41.3 Å². The molecule has 1 heterocycles. The third kappa shape index (κ3) is 3.39. The Balaban J connectivity index is 1.77. The molecule has 1 aliphatic heterocycles. The molecule has 0 atom stereocenters. The van der Waals surface area contributed by atoms with E-state index in [9.17, 15) is 0 Å². The highest BCUT2D eigenvalue weighted by atomic mass is 15.1. The largest absolute Gasteiger partial charge is 0.398 e. The molecule has 3 heteroatoms. The summed E-state index contributed by atoms with van der Waals surface area (Å²) in [5.41, 5.74) is 9.13. The summed E-state index contributed by atoms with van der Waals surface area (Å²) < 4.78 is 0. The number of nitrogens with one attached hydrogen (secondary N) is 1. The van der Waals surface area contributed by atoms with E-state index < -0.39 is 0 Å². The highest BCUT2D eigenvalue weighted by molar-refractivity contribution is 5.62. The monoisotopic (exact) mass is 247 g/mol. The molecular formula is C15H25N3. The molecule has 1 saturated heterocycles. The molecule has 0 unspecified atom stereocenters. The first-order valence-corrected chi connectivity index (χ1v) is 6.94. The van der Waals surface area contributed by atoms with Gasteiger partial charge in [-0.25, -0.2) is 0 Å². The molecule has 1 aliphatic rings. The van der Waals surface area contributed by atoms with Crippen LogP contribution in [0.4, 0.5) is 11.4 Å². The van der Waals surface area contributed by atoms with Crippen molar-refractivity contribution in [2.45, 2.75) is 26.2 Å². The van der Waals surface area contributed by atoms with E-state index in [1.807, 2.05) is 12.1 Å². The number of likely N-dealkylation sites (tertiary alicyclic amines) is 1. The van der Waals surface area contributed by atoms with E-state index in [1.165, 1.54) is 43.6 Å². The second kappa shape index (κ2) is 6.10.